The highest BCUT2D eigenvalue weighted by Crippen LogP contribution is 2.18. The third kappa shape index (κ3) is 5.09. The number of nitrogens with one attached hydrogen (secondary N) is 2. The molecule has 1 aromatic carbocycles. The summed E-state index contributed by atoms with van der Waals surface area (Å²) in [7, 11) is 0. The van der Waals surface area contributed by atoms with E-state index in [1.54, 1.807) is 37.3 Å². The molecule has 0 aliphatic heterocycles. The van der Waals surface area contributed by atoms with E-state index in [1.165, 1.54) is 6.07 Å². The largest absolute Gasteiger partial charge is 0.494 e. The van der Waals surface area contributed by atoms with Crippen molar-refractivity contribution in [2.45, 2.75) is 13.8 Å². The van der Waals surface area contributed by atoms with Gasteiger partial charge in [-0.25, -0.2) is 4.98 Å². The molecule has 0 aliphatic carbocycles. The average Bonchev–Trinajstić information content (AvgIpc) is 2.62. The number of carbonyl (C=O) groups excluding carboxylic acids is 2. The molecule has 0 fully saturated rings. The van der Waals surface area contributed by atoms with Crippen molar-refractivity contribution in [3.8, 4) is 11.6 Å². The third-order valence-corrected chi connectivity index (χ3v) is 3.35. The van der Waals surface area contributed by atoms with Crippen molar-refractivity contribution < 1.29 is 19.1 Å². The minimum Gasteiger partial charge on any atom is -0.494 e. The van der Waals surface area contributed by atoms with Crippen LogP contribution in [0.25, 0.3) is 0 Å². The molecule has 1 heterocycles. The minimum atomic E-state index is -0.647. The predicted octanol–water partition coefficient (Wildman–Crippen LogP) is 2.61. The summed E-state index contributed by atoms with van der Waals surface area (Å²) in [6, 6.07) is 9.58. The number of aromatic nitrogens is 1. The number of ether oxygens (including phenoxy) is 2. The molecule has 0 radical (unpaired) electrons. The molecule has 7 nitrogen and oxygen atoms in total. The second kappa shape index (κ2) is 8.89. The molecule has 1 aromatic heterocycles. The fourth-order valence-electron chi connectivity index (χ4n) is 1.93. The smallest absolute Gasteiger partial charge is 0.289 e. The number of nitrogens with zero attached hydrogens (tertiary/aromatic N) is 1. The number of rotatable bonds is 6. The van der Waals surface area contributed by atoms with Crippen molar-refractivity contribution in [2.75, 3.05) is 13.2 Å². The topological polar surface area (TPSA) is 89.6 Å². The first-order valence-corrected chi connectivity index (χ1v) is 8.05. The van der Waals surface area contributed by atoms with Crippen LogP contribution in [0.1, 0.15) is 34.7 Å². The van der Waals surface area contributed by atoms with Gasteiger partial charge in [0.15, 0.2) is 5.69 Å². The molecule has 0 bridgehead atoms. The molecule has 0 saturated heterocycles. The van der Waals surface area contributed by atoms with E-state index < -0.39 is 11.8 Å². The quantitative estimate of drug-likeness (QED) is 0.770. The van der Waals surface area contributed by atoms with Crippen LogP contribution in [0.15, 0.2) is 36.4 Å². The van der Waals surface area contributed by atoms with E-state index in [9.17, 15) is 9.59 Å². The van der Waals surface area contributed by atoms with E-state index in [-0.39, 0.29) is 16.6 Å². The van der Waals surface area contributed by atoms with Crippen LogP contribution in [-0.2, 0) is 0 Å². The number of pyridine rings is 1. The summed E-state index contributed by atoms with van der Waals surface area (Å²) < 4.78 is 10.5. The SMILES string of the molecule is CCOc1ccc(C(=O)NNC(=O)c2nc(OCC)ccc2Cl)cc1. The van der Waals surface area contributed by atoms with Gasteiger partial charge in [0.2, 0.25) is 5.88 Å². The first-order valence-electron chi connectivity index (χ1n) is 7.68. The van der Waals surface area contributed by atoms with Crippen LogP contribution in [0.5, 0.6) is 11.6 Å². The van der Waals surface area contributed by atoms with Gasteiger partial charge in [-0.3, -0.25) is 20.4 Å². The van der Waals surface area contributed by atoms with Crippen molar-refractivity contribution in [1.29, 1.82) is 0 Å². The Hall–Kier alpha value is -2.80. The summed E-state index contributed by atoms with van der Waals surface area (Å²) in [5, 5.41) is 0.149. The Morgan fingerprint density at radius 3 is 2.24 bits per heavy atom. The number of hydrogen-bond acceptors (Lipinski definition) is 5. The minimum absolute atomic E-state index is 0.0420. The zero-order valence-electron chi connectivity index (χ0n) is 13.8. The Kier molecular flexibility index (Phi) is 6.59. The predicted molar refractivity (Wildman–Crippen MR) is 93.0 cm³/mol. The van der Waals surface area contributed by atoms with Crippen LogP contribution in [0, 0.1) is 0 Å². The van der Waals surface area contributed by atoms with E-state index in [0.717, 1.165) is 0 Å². The van der Waals surface area contributed by atoms with Crippen LogP contribution in [0.4, 0.5) is 0 Å². The zero-order valence-corrected chi connectivity index (χ0v) is 14.6. The van der Waals surface area contributed by atoms with E-state index in [4.69, 9.17) is 21.1 Å². The van der Waals surface area contributed by atoms with Gasteiger partial charge in [-0.15, -0.1) is 0 Å². The summed E-state index contributed by atoms with van der Waals surface area (Å²) in [4.78, 5) is 28.2. The summed E-state index contributed by atoms with van der Waals surface area (Å²) in [5.74, 6) is -0.194. The second-order valence-electron chi connectivity index (χ2n) is 4.78. The van der Waals surface area contributed by atoms with Crippen molar-refractivity contribution in [3.63, 3.8) is 0 Å². The lowest BCUT2D eigenvalue weighted by atomic mass is 10.2. The second-order valence-corrected chi connectivity index (χ2v) is 5.19. The van der Waals surface area contributed by atoms with Crippen molar-refractivity contribution in [3.05, 3.63) is 52.7 Å². The molecule has 132 valence electrons. The van der Waals surface area contributed by atoms with Crippen molar-refractivity contribution in [1.82, 2.24) is 15.8 Å². The number of hydrazine groups is 1. The van der Waals surface area contributed by atoms with Gasteiger partial charge in [0.05, 0.1) is 18.2 Å². The maximum absolute atomic E-state index is 12.1. The van der Waals surface area contributed by atoms with Crippen LogP contribution >= 0.6 is 11.6 Å². The van der Waals surface area contributed by atoms with Crippen LogP contribution < -0.4 is 20.3 Å². The van der Waals surface area contributed by atoms with Crippen LogP contribution in [0.3, 0.4) is 0 Å². The lowest BCUT2D eigenvalue weighted by Gasteiger charge is -2.10. The first kappa shape index (κ1) is 18.5. The summed E-state index contributed by atoms with van der Waals surface area (Å²) >= 11 is 5.97. The fraction of sp³-hybridized carbons (Fsp3) is 0.235. The molecule has 2 aromatic rings. The Bertz CT molecular complexity index is 750. The molecular formula is C17H18ClN3O4. The van der Waals surface area contributed by atoms with Gasteiger partial charge in [0.25, 0.3) is 11.8 Å². The van der Waals surface area contributed by atoms with Gasteiger partial charge in [0, 0.05) is 11.6 Å². The monoisotopic (exact) mass is 363 g/mol. The van der Waals surface area contributed by atoms with E-state index in [1.807, 2.05) is 6.92 Å². The van der Waals surface area contributed by atoms with Gasteiger partial charge >= 0.3 is 0 Å². The molecule has 2 rings (SSSR count). The van der Waals surface area contributed by atoms with Crippen LogP contribution in [0.2, 0.25) is 5.02 Å². The van der Waals surface area contributed by atoms with Crippen molar-refractivity contribution >= 4 is 23.4 Å². The molecule has 0 unspecified atom stereocenters. The summed E-state index contributed by atoms with van der Waals surface area (Å²) in [6.07, 6.45) is 0. The molecule has 0 atom stereocenters. The first-order chi connectivity index (χ1) is 12.0. The molecule has 25 heavy (non-hydrogen) atoms. The average molecular weight is 364 g/mol. The van der Waals surface area contributed by atoms with Gasteiger partial charge in [-0.1, -0.05) is 11.6 Å². The Morgan fingerprint density at radius 1 is 0.960 bits per heavy atom. The molecule has 8 heteroatoms. The molecule has 2 N–H and O–H groups in total. The Morgan fingerprint density at radius 2 is 1.60 bits per heavy atom. The standard InChI is InChI=1S/C17H18ClN3O4/c1-3-24-12-7-5-11(6-8-12)16(22)20-21-17(23)15-13(18)9-10-14(19-15)25-4-2/h5-10H,3-4H2,1-2H3,(H,20,22)(H,21,23). The highest BCUT2D eigenvalue weighted by Gasteiger charge is 2.15. The van der Waals surface area contributed by atoms with E-state index in [2.05, 4.69) is 15.8 Å². The fourth-order valence-corrected chi connectivity index (χ4v) is 2.12. The third-order valence-electron chi connectivity index (χ3n) is 3.04. The van der Waals surface area contributed by atoms with Gasteiger partial charge in [-0.05, 0) is 44.2 Å². The van der Waals surface area contributed by atoms with Crippen molar-refractivity contribution in [2.24, 2.45) is 0 Å². The highest BCUT2D eigenvalue weighted by molar-refractivity contribution is 6.33. The molecule has 0 aliphatic rings. The number of halogens is 1. The zero-order chi connectivity index (χ0) is 18.2. The summed E-state index contributed by atoms with van der Waals surface area (Å²) in [5.41, 5.74) is 4.91. The number of benzene rings is 1. The van der Waals surface area contributed by atoms with E-state index >= 15 is 0 Å². The Labute approximate surface area is 150 Å². The maximum atomic E-state index is 12.1. The van der Waals surface area contributed by atoms with Gasteiger partial charge in [-0.2, -0.15) is 0 Å². The van der Waals surface area contributed by atoms with E-state index in [0.29, 0.717) is 24.5 Å². The van der Waals surface area contributed by atoms with Gasteiger partial charge < -0.3 is 9.47 Å². The lowest BCUT2D eigenvalue weighted by Crippen LogP contribution is -2.42. The molecule has 0 saturated carbocycles. The number of hydrogen-bond donors (Lipinski definition) is 2. The molecule has 2 amide bonds. The summed E-state index contributed by atoms with van der Waals surface area (Å²) in [6.45, 7) is 4.61. The van der Waals surface area contributed by atoms with Gasteiger partial charge in [0.1, 0.15) is 5.75 Å². The maximum Gasteiger partial charge on any atom is 0.289 e. The number of carbonyl (C=O) groups is 2. The normalized spacial score (nSPS) is 10.0. The highest BCUT2D eigenvalue weighted by atomic mass is 35.5. The van der Waals surface area contributed by atoms with Crippen LogP contribution in [-0.4, -0.2) is 30.0 Å². The molecular weight excluding hydrogens is 346 g/mol. The Balaban J connectivity index is 1.99. The lowest BCUT2D eigenvalue weighted by molar-refractivity contribution is 0.0843. The number of amides is 2. The molecule has 0 spiro atoms.